The van der Waals surface area contributed by atoms with Crippen LogP contribution in [0.15, 0.2) is 45.6 Å². The summed E-state index contributed by atoms with van der Waals surface area (Å²) in [6, 6.07) is 10.9. The summed E-state index contributed by atoms with van der Waals surface area (Å²) in [7, 11) is 3.21. The molecule has 0 unspecified atom stereocenters. The Kier molecular flexibility index (Phi) is 3.82. The van der Waals surface area contributed by atoms with Gasteiger partial charge in [-0.1, -0.05) is 12.1 Å². The third-order valence-corrected chi connectivity index (χ3v) is 4.03. The molecule has 0 amide bonds. The number of ether oxygens (including phenoxy) is 2. The molecule has 118 valence electrons. The van der Waals surface area contributed by atoms with Gasteiger partial charge in [0.25, 0.3) is 0 Å². The van der Waals surface area contributed by atoms with Crippen LogP contribution >= 0.6 is 0 Å². The second-order valence-corrected chi connectivity index (χ2v) is 5.36. The molecule has 0 aliphatic heterocycles. The van der Waals surface area contributed by atoms with Crippen molar-refractivity contribution in [1.82, 2.24) is 0 Å². The summed E-state index contributed by atoms with van der Waals surface area (Å²) in [6.07, 6.45) is 0. The predicted molar refractivity (Wildman–Crippen MR) is 90.5 cm³/mol. The van der Waals surface area contributed by atoms with Crippen LogP contribution in [0.25, 0.3) is 22.1 Å². The van der Waals surface area contributed by atoms with Gasteiger partial charge in [-0.05, 0) is 43.7 Å². The van der Waals surface area contributed by atoms with Crippen molar-refractivity contribution in [1.29, 1.82) is 0 Å². The fourth-order valence-electron chi connectivity index (χ4n) is 2.80. The molecule has 3 aromatic rings. The standard InChI is InChI=1S/C19H18O4/c1-11-16(22-4)10-9-15-18(20)17(12(2)23-19(11)15)13-5-7-14(21-3)8-6-13/h5-10H,1-4H3. The first-order valence-electron chi connectivity index (χ1n) is 7.32. The first-order valence-corrected chi connectivity index (χ1v) is 7.32. The van der Waals surface area contributed by atoms with Gasteiger partial charge in [0.15, 0.2) is 0 Å². The molecule has 2 aromatic carbocycles. The van der Waals surface area contributed by atoms with E-state index in [4.69, 9.17) is 13.9 Å². The largest absolute Gasteiger partial charge is 0.497 e. The number of fused-ring (bicyclic) bond motifs is 1. The first kappa shape index (κ1) is 15.2. The maximum atomic E-state index is 12.9. The fourth-order valence-corrected chi connectivity index (χ4v) is 2.80. The molecule has 0 aliphatic carbocycles. The van der Waals surface area contributed by atoms with Crippen LogP contribution in [-0.4, -0.2) is 14.2 Å². The van der Waals surface area contributed by atoms with Crippen molar-refractivity contribution in [2.75, 3.05) is 14.2 Å². The summed E-state index contributed by atoms with van der Waals surface area (Å²) in [4.78, 5) is 12.9. The Morgan fingerprint density at radius 3 is 2.22 bits per heavy atom. The Morgan fingerprint density at radius 1 is 0.913 bits per heavy atom. The molecule has 0 bridgehead atoms. The van der Waals surface area contributed by atoms with E-state index >= 15 is 0 Å². The molecule has 0 radical (unpaired) electrons. The van der Waals surface area contributed by atoms with Crippen LogP contribution in [0.3, 0.4) is 0 Å². The Morgan fingerprint density at radius 2 is 1.61 bits per heavy atom. The van der Waals surface area contributed by atoms with Gasteiger partial charge in [0.1, 0.15) is 22.8 Å². The maximum absolute atomic E-state index is 12.9. The van der Waals surface area contributed by atoms with Crippen molar-refractivity contribution in [2.24, 2.45) is 0 Å². The van der Waals surface area contributed by atoms with Crippen molar-refractivity contribution in [3.8, 4) is 22.6 Å². The highest BCUT2D eigenvalue weighted by Gasteiger charge is 2.16. The average molecular weight is 310 g/mol. The summed E-state index contributed by atoms with van der Waals surface area (Å²) < 4.78 is 16.4. The van der Waals surface area contributed by atoms with E-state index < -0.39 is 0 Å². The van der Waals surface area contributed by atoms with Gasteiger partial charge in [-0.25, -0.2) is 0 Å². The lowest BCUT2D eigenvalue weighted by Crippen LogP contribution is -2.08. The third-order valence-electron chi connectivity index (χ3n) is 4.03. The monoisotopic (exact) mass is 310 g/mol. The van der Waals surface area contributed by atoms with Gasteiger partial charge in [-0.3, -0.25) is 4.79 Å². The summed E-state index contributed by atoms with van der Waals surface area (Å²) in [5.41, 5.74) is 2.74. The zero-order valence-corrected chi connectivity index (χ0v) is 13.6. The van der Waals surface area contributed by atoms with E-state index in [0.29, 0.717) is 28.0 Å². The van der Waals surface area contributed by atoms with Crippen molar-refractivity contribution in [3.05, 3.63) is 57.9 Å². The molecule has 3 rings (SSSR count). The number of aryl methyl sites for hydroxylation is 2. The van der Waals surface area contributed by atoms with E-state index in [-0.39, 0.29) is 5.43 Å². The number of hydrogen-bond acceptors (Lipinski definition) is 4. The van der Waals surface area contributed by atoms with Crippen LogP contribution in [0.4, 0.5) is 0 Å². The van der Waals surface area contributed by atoms with Crippen LogP contribution in [0.1, 0.15) is 11.3 Å². The number of rotatable bonds is 3. The quantitative estimate of drug-likeness (QED) is 0.731. The first-order chi connectivity index (χ1) is 11.1. The molecular formula is C19H18O4. The molecule has 1 heterocycles. The van der Waals surface area contributed by atoms with Crippen LogP contribution in [0.5, 0.6) is 11.5 Å². The molecule has 0 atom stereocenters. The van der Waals surface area contributed by atoms with Crippen molar-refractivity contribution >= 4 is 11.0 Å². The lowest BCUT2D eigenvalue weighted by Gasteiger charge is -2.11. The van der Waals surface area contributed by atoms with Gasteiger partial charge < -0.3 is 13.9 Å². The van der Waals surface area contributed by atoms with Gasteiger partial charge in [-0.15, -0.1) is 0 Å². The normalized spacial score (nSPS) is 10.8. The Bertz CT molecular complexity index is 921. The van der Waals surface area contributed by atoms with Gasteiger partial charge >= 0.3 is 0 Å². The molecule has 4 heteroatoms. The summed E-state index contributed by atoms with van der Waals surface area (Å²) in [5.74, 6) is 2.04. The molecule has 4 nitrogen and oxygen atoms in total. The van der Waals surface area contributed by atoms with Crippen molar-refractivity contribution in [3.63, 3.8) is 0 Å². The smallest absolute Gasteiger partial charge is 0.200 e. The van der Waals surface area contributed by atoms with E-state index in [9.17, 15) is 4.79 Å². The predicted octanol–water partition coefficient (Wildman–Crippen LogP) is 4.09. The van der Waals surface area contributed by atoms with E-state index in [1.807, 2.05) is 31.2 Å². The molecule has 23 heavy (non-hydrogen) atoms. The zero-order chi connectivity index (χ0) is 16.6. The Labute approximate surface area is 134 Å². The third kappa shape index (κ3) is 2.46. The second kappa shape index (κ2) is 5.80. The molecular weight excluding hydrogens is 292 g/mol. The number of hydrogen-bond donors (Lipinski definition) is 0. The van der Waals surface area contributed by atoms with Crippen molar-refractivity contribution in [2.45, 2.75) is 13.8 Å². The SMILES string of the molecule is COc1ccc(-c2c(C)oc3c(C)c(OC)ccc3c2=O)cc1. The molecule has 1 aromatic heterocycles. The maximum Gasteiger partial charge on any atom is 0.200 e. The van der Waals surface area contributed by atoms with Gasteiger partial charge in [0.05, 0.1) is 25.2 Å². The van der Waals surface area contributed by atoms with E-state index in [1.165, 1.54) is 0 Å². The van der Waals surface area contributed by atoms with Gasteiger partial charge in [0.2, 0.25) is 5.43 Å². The minimum atomic E-state index is -0.0420. The molecule has 0 saturated heterocycles. The zero-order valence-electron chi connectivity index (χ0n) is 13.6. The molecule has 0 saturated carbocycles. The number of methoxy groups -OCH3 is 2. The van der Waals surface area contributed by atoms with Crippen molar-refractivity contribution < 1.29 is 13.9 Å². The van der Waals surface area contributed by atoms with Crippen LogP contribution < -0.4 is 14.9 Å². The Balaban J connectivity index is 2.28. The topological polar surface area (TPSA) is 48.7 Å². The molecule has 0 aliphatic rings. The summed E-state index contributed by atoms with van der Waals surface area (Å²) in [5, 5.41) is 0.555. The lowest BCUT2D eigenvalue weighted by molar-refractivity contribution is 0.411. The lowest BCUT2D eigenvalue weighted by atomic mass is 10.0. The minimum Gasteiger partial charge on any atom is -0.497 e. The number of benzene rings is 2. The van der Waals surface area contributed by atoms with E-state index in [1.54, 1.807) is 33.3 Å². The molecule has 0 fully saturated rings. The summed E-state index contributed by atoms with van der Waals surface area (Å²) in [6.45, 7) is 3.69. The average Bonchev–Trinajstić information content (AvgIpc) is 2.56. The Hall–Kier alpha value is -2.75. The van der Waals surface area contributed by atoms with Gasteiger partial charge in [0, 0.05) is 5.56 Å². The van der Waals surface area contributed by atoms with Crippen LogP contribution in [-0.2, 0) is 0 Å². The second-order valence-electron chi connectivity index (χ2n) is 5.36. The molecule has 0 spiro atoms. The van der Waals surface area contributed by atoms with E-state index in [2.05, 4.69) is 0 Å². The highest BCUT2D eigenvalue weighted by molar-refractivity contribution is 5.86. The minimum absolute atomic E-state index is 0.0420. The fraction of sp³-hybridized carbons (Fsp3) is 0.211. The molecule has 0 N–H and O–H groups in total. The van der Waals surface area contributed by atoms with Gasteiger partial charge in [-0.2, -0.15) is 0 Å². The summed E-state index contributed by atoms with van der Waals surface area (Å²) >= 11 is 0. The van der Waals surface area contributed by atoms with Crippen LogP contribution in [0, 0.1) is 13.8 Å². The highest BCUT2D eigenvalue weighted by Crippen LogP contribution is 2.30. The highest BCUT2D eigenvalue weighted by atomic mass is 16.5. The van der Waals surface area contributed by atoms with Crippen LogP contribution in [0.2, 0.25) is 0 Å². The van der Waals surface area contributed by atoms with E-state index in [0.717, 1.165) is 16.9 Å².